The predicted octanol–water partition coefficient (Wildman–Crippen LogP) is 5.39. The molecule has 0 saturated heterocycles. The topological polar surface area (TPSA) is 95.8 Å². The Labute approximate surface area is 168 Å². The van der Waals surface area contributed by atoms with E-state index in [2.05, 4.69) is 20.8 Å². The summed E-state index contributed by atoms with van der Waals surface area (Å²) in [5.41, 5.74) is 7.39. The first-order chi connectivity index (χ1) is 13.9. The van der Waals surface area contributed by atoms with Gasteiger partial charge in [-0.3, -0.25) is 5.10 Å². The third-order valence-corrected chi connectivity index (χ3v) is 4.54. The van der Waals surface area contributed by atoms with E-state index in [-0.39, 0.29) is 17.0 Å². The van der Waals surface area contributed by atoms with Gasteiger partial charge in [-0.25, -0.2) is 13.6 Å². The summed E-state index contributed by atoms with van der Waals surface area (Å²) in [6.07, 6.45) is 0. The van der Waals surface area contributed by atoms with Crippen molar-refractivity contribution in [3.8, 4) is 11.1 Å². The zero-order valence-electron chi connectivity index (χ0n) is 14.8. The molecule has 29 heavy (non-hydrogen) atoms. The molecule has 6 nitrogen and oxygen atoms in total. The molecule has 0 aliphatic rings. The van der Waals surface area contributed by atoms with Gasteiger partial charge in [0.2, 0.25) is 0 Å². The Morgan fingerprint density at radius 3 is 2.62 bits per heavy atom. The molecule has 0 spiro atoms. The Bertz CT molecular complexity index is 1240. The van der Waals surface area contributed by atoms with Crippen molar-refractivity contribution in [2.75, 3.05) is 16.4 Å². The summed E-state index contributed by atoms with van der Waals surface area (Å²) in [5, 5.41) is 12.2. The number of hydrogen-bond acceptors (Lipinski definition) is 3. The highest BCUT2D eigenvalue weighted by Crippen LogP contribution is 2.34. The molecule has 0 bridgehead atoms. The number of nitrogens with two attached hydrogens (primary N) is 1. The van der Waals surface area contributed by atoms with Crippen molar-refractivity contribution in [2.45, 2.75) is 0 Å². The lowest BCUT2D eigenvalue weighted by atomic mass is 10.0. The van der Waals surface area contributed by atoms with Crippen molar-refractivity contribution in [1.82, 2.24) is 10.2 Å². The molecular formula is C20H14ClF2N5O. The second-order valence-electron chi connectivity index (χ2n) is 6.24. The van der Waals surface area contributed by atoms with Crippen molar-refractivity contribution >= 4 is 45.7 Å². The number of carbonyl (C=O) groups excluding carboxylic acids is 1. The van der Waals surface area contributed by atoms with E-state index in [1.807, 2.05) is 0 Å². The summed E-state index contributed by atoms with van der Waals surface area (Å²) in [7, 11) is 0. The van der Waals surface area contributed by atoms with Crippen LogP contribution in [0.5, 0.6) is 0 Å². The van der Waals surface area contributed by atoms with Crippen LogP contribution in [0.1, 0.15) is 0 Å². The van der Waals surface area contributed by atoms with Gasteiger partial charge >= 0.3 is 6.03 Å². The number of hydrogen-bond donors (Lipinski definition) is 4. The number of amides is 2. The molecule has 0 unspecified atom stereocenters. The smallest absolute Gasteiger partial charge is 0.323 e. The second kappa shape index (κ2) is 7.40. The number of nitrogens with zero attached hydrogens (tertiary/aromatic N) is 1. The summed E-state index contributed by atoms with van der Waals surface area (Å²) in [5.74, 6) is -1.06. The number of halogens is 3. The van der Waals surface area contributed by atoms with E-state index in [4.69, 9.17) is 17.3 Å². The van der Waals surface area contributed by atoms with Crippen LogP contribution in [-0.4, -0.2) is 16.2 Å². The predicted molar refractivity (Wildman–Crippen MR) is 110 cm³/mol. The van der Waals surface area contributed by atoms with Gasteiger partial charge in [0.05, 0.1) is 11.1 Å². The largest absolute Gasteiger partial charge is 0.382 e. The van der Waals surface area contributed by atoms with Crippen LogP contribution in [0.4, 0.5) is 30.8 Å². The zero-order chi connectivity index (χ0) is 20.5. The Morgan fingerprint density at radius 1 is 1.03 bits per heavy atom. The Hall–Kier alpha value is -3.65. The minimum absolute atomic E-state index is 0.0215. The number of nitrogen functional groups attached to an aromatic ring is 1. The molecule has 146 valence electrons. The summed E-state index contributed by atoms with van der Waals surface area (Å²) in [6.45, 7) is 0. The molecule has 9 heteroatoms. The number of benzene rings is 3. The summed E-state index contributed by atoms with van der Waals surface area (Å²) >= 11 is 5.87. The van der Waals surface area contributed by atoms with E-state index in [0.29, 0.717) is 27.2 Å². The van der Waals surface area contributed by atoms with Crippen LogP contribution in [0.15, 0.2) is 54.6 Å². The van der Waals surface area contributed by atoms with Gasteiger partial charge in [0.15, 0.2) is 5.82 Å². The number of anilines is 3. The van der Waals surface area contributed by atoms with E-state index in [9.17, 15) is 13.6 Å². The maximum Gasteiger partial charge on any atom is 0.323 e. The summed E-state index contributed by atoms with van der Waals surface area (Å²) < 4.78 is 28.5. The first-order valence-electron chi connectivity index (χ1n) is 8.48. The molecule has 1 heterocycles. The molecule has 0 atom stereocenters. The number of urea groups is 1. The minimum atomic E-state index is -0.664. The number of fused-ring (bicyclic) bond motifs is 1. The number of H-pyrrole nitrogens is 1. The van der Waals surface area contributed by atoms with Crippen LogP contribution in [0.3, 0.4) is 0 Å². The highest BCUT2D eigenvalue weighted by Gasteiger charge is 2.15. The fourth-order valence-electron chi connectivity index (χ4n) is 3.00. The molecule has 2 amide bonds. The molecule has 0 aliphatic carbocycles. The van der Waals surface area contributed by atoms with Crippen LogP contribution in [0.25, 0.3) is 22.0 Å². The number of aromatic amines is 1. The molecule has 0 radical (unpaired) electrons. The molecule has 0 saturated carbocycles. The lowest BCUT2D eigenvalue weighted by Gasteiger charge is -2.11. The van der Waals surface area contributed by atoms with Gasteiger partial charge in [-0.2, -0.15) is 5.10 Å². The fraction of sp³-hybridized carbons (Fsp3) is 0. The lowest BCUT2D eigenvalue weighted by molar-refractivity contribution is 0.262. The summed E-state index contributed by atoms with van der Waals surface area (Å²) in [6, 6.07) is 12.9. The number of nitrogens with one attached hydrogen (secondary N) is 3. The molecule has 5 N–H and O–H groups in total. The number of aromatic nitrogens is 2. The molecule has 0 aliphatic heterocycles. The average Bonchev–Trinajstić information content (AvgIpc) is 3.07. The molecule has 3 aromatic carbocycles. The van der Waals surface area contributed by atoms with Crippen LogP contribution in [0.2, 0.25) is 5.02 Å². The maximum atomic E-state index is 14.6. The first-order valence-corrected chi connectivity index (χ1v) is 8.86. The van der Waals surface area contributed by atoms with Crippen LogP contribution in [0, 0.1) is 11.6 Å². The van der Waals surface area contributed by atoms with Gasteiger partial charge in [0, 0.05) is 10.7 Å². The molecule has 4 rings (SSSR count). The van der Waals surface area contributed by atoms with Crippen LogP contribution in [-0.2, 0) is 0 Å². The minimum Gasteiger partial charge on any atom is -0.382 e. The van der Waals surface area contributed by atoms with E-state index in [0.717, 1.165) is 0 Å². The van der Waals surface area contributed by atoms with Gasteiger partial charge in [0.1, 0.15) is 17.2 Å². The average molecular weight is 414 g/mol. The second-order valence-corrected chi connectivity index (χ2v) is 6.67. The van der Waals surface area contributed by atoms with Crippen molar-refractivity contribution < 1.29 is 13.6 Å². The maximum absolute atomic E-state index is 14.6. The lowest BCUT2D eigenvalue weighted by Crippen LogP contribution is -2.20. The van der Waals surface area contributed by atoms with Crippen molar-refractivity contribution in [1.29, 1.82) is 0 Å². The SMILES string of the molecule is Nc1n[nH]c2c(F)ccc(-c3ccc(NC(=O)Nc4cccc(Cl)c4)c(F)c3)c12. The van der Waals surface area contributed by atoms with E-state index >= 15 is 0 Å². The van der Waals surface area contributed by atoms with Crippen molar-refractivity contribution in [2.24, 2.45) is 0 Å². The van der Waals surface area contributed by atoms with Crippen molar-refractivity contribution in [3.63, 3.8) is 0 Å². The Morgan fingerprint density at radius 2 is 1.86 bits per heavy atom. The Balaban J connectivity index is 1.60. The third-order valence-electron chi connectivity index (χ3n) is 4.31. The standard InChI is InChI=1S/C20H14ClF2N5O/c21-11-2-1-3-12(9-11)25-20(29)26-16-7-4-10(8-15(16)23)13-5-6-14(22)18-17(13)19(24)28-27-18/h1-9H,(H3,24,27,28)(H2,25,26,29). The quantitative estimate of drug-likeness (QED) is 0.362. The van der Waals surface area contributed by atoms with Gasteiger partial charge < -0.3 is 16.4 Å². The van der Waals surface area contributed by atoms with E-state index < -0.39 is 17.7 Å². The molecule has 1 aromatic heterocycles. The zero-order valence-corrected chi connectivity index (χ0v) is 15.5. The van der Waals surface area contributed by atoms with Crippen LogP contribution >= 0.6 is 11.6 Å². The number of rotatable bonds is 3. The van der Waals surface area contributed by atoms with Crippen LogP contribution < -0.4 is 16.4 Å². The van der Waals surface area contributed by atoms with Gasteiger partial charge in [-0.15, -0.1) is 0 Å². The molecule has 0 fully saturated rings. The molecule has 4 aromatic rings. The highest BCUT2D eigenvalue weighted by atomic mass is 35.5. The normalized spacial score (nSPS) is 10.9. The molecular weight excluding hydrogens is 400 g/mol. The highest BCUT2D eigenvalue weighted by molar-refractivity contribution is 6.30. The number of carbonyl (C=O) groups is 1. The third kappa shape index (κ3) is 3.70. The van der Waals surface area contributed by atoms with Gasteiger partial charge in [-0.05, 0) is 47.5 Å². The fourth-order valence-corrected chi connectivity index (χ4v) is 3.19. The first kappa shape index (κ1) is 18.7. The van der Waals surface area contributed by atoms with Gasteiger partial charge in [0.25, 0.3) is 0 Å². The van der Waals surface area contributed by atoms with E-state index in [1.54, 1.807) is 30.3 Å². The monoisotopic (exact) mass is 413 g/mol. The van der Waals surface area contributed by atoms with Crippen molar-refractivity contribution in [3.05, 3.63) is 71.3 Å². The van der Waals surface area contributed by atoms with E-state index in [1.165, 1.54) is 24.3 Å². The Kier molecular flexibility index (Phi) is 4.77. The summed E-state index contributed by atoms with van der Waals surface area (Å²) in [4.78, 5) is 12.1. The van der Waals surface area contributed by atoms with Gasteiger partial charge in [-0.1, -0.05) is 29.8 Å².